The Morgan fingerprint density at radius 1 is 1.00 bits per heavy atom. The van der Waals surface area contributed by atoms with Crippen molar-refractivity contribution in [3.8, 4) is 5.75 Å². The molecular formula is C18H17Cl2NO3. The minimum atomic E-state index is -0.598. The highest BCUT2D eigenvalue weighted by Gasteiger charge is 2.23. The highest BCUT2D eigenvalue weighted by molar-refractivity contribution is 6.35. The number of amides is 1. The smallest absolute Gasteiger partial charge is 0.316 e. The molecule has 0 radical (unpaired) electrons. The van der Waals surface area contributed by atoms with Crippen LogP contribution in [0.1, 0.15) is 31.1 Å². The molecule has 24 heavy (non-hydrogen) atoms. The van der Waals surface area contributed by atoms with Crippen LogP contribution in [0.4, 0.5) is 5.69 Å². The first kappa shape index (κ1) is 18.3. The topological polar surface area (TPSA) is 55.4 Å². The highest BCUT2D eigenvalue weighted by atomic mass is 35.5. The van der Waals surface area contributed by atoms with Crippen molar-refractivity contribution in [2.45, 2.75) is 20.8 Å². The maximum atomic E-state index is 12.2. The van der Waals surface area contributed by atoms with Crippen LogP contribution in [0.15, 0.2) is 42.5 Å². The van der Waals surface area contributed by atoms with E-state index in [2.05, 4.69) is 5.32 Å². The van der Waals surface area contributed by atoms with Gasteiger partial charge in [0, 0.05) is 10.6 Å². The van der Waals surface area contributed by atoms with Crippen LogP contribution in [0.3, 0.4) is 0 Å². The molecule has 0 atom stereocenters. The van der Waals surface area contributed by atoms with Crippen LogP contribution in [0, 0.1) is 5.41 Å². The fourth-order valence-electron chi connectivity index (χ4n) is 1.72. The molecule has 4 nitrogen and oxygen atoms in total. The number of anilines is 1. The molecule has 0 aliphatic rings. The number of ether oxygens (including phenoxy) is 1. The van der Waals surface area contributed by atoms with E-state index in [1.807, 2.05) is 0 Å². The number of hydrogen-bond donors (Lipinski definition) is 1. The maximum absolute atomic E-state index is 12.2. The van der Waals surface area contributed by atoms with Crippen molar-refractivity contribution < 1.29 is 14.3 Å². The Morgan fingerprint density at radius 2 is 1.62 bits per heavy atom. The Morgan fingerprint density at radius 3 is 2.21 bits per heavy atom. The standard InChI is InChI=1S/C18H17Cl2NO3/c1-18(2,3)17(23)24-13-7-4-11(5-8-13)16(22)21-15-10-12(19)6-9-14(15)20/h4-10H,1-3H3,(H,21,22). The molecule has 126 valence electrons. The van der Waals surface area contributed by atoms with Gasteiger partial charge in [-0.15, -0.1) is 0 Å². The summed E-state index contributed by atoms with van der Waals surface area (Å²) in [5.74, 6) is -0.300. The fourth-order valence-corrected chi connectivity index (χ4v) is 2.06. The van der Waals surface area contributed by atoms with Crippen LogP contribution in [0.25, 0.3) is 0 Å². The summed E-state index contributed by atoms with van der Waals surface area (Å²) in [4.78, 5) is 24.1. The maximum Gasteiger partial charge on any atom is 0.316 e. The molecule has 2 aromatic carbocycles. The number of esters is 1. The normalized spacial score (nSPS) is 11.0. The van der Waals surface area contributed by atoms with E-state index in [-0.39, 0.29) is 11.9 Å². The van der Waals surface area contributed by atoms with Gasteiger partial charge < -0.3 is 10.1 Å². The zero-order chi connectivity index (χ0) is 17.9. The van der Waals surface area contributed by atoms with E-state index >= 15 is 0 Å². The van der Waals surface area contributed by atoms with Gasteiger partial charge in [-0.1, -0.05) is 23.2 Å². The summed E-state index contributed by atoms with van der Waals surface area (Å²) in [5.41, 5.74) is 0.235. The van der Waals surface area contributed by atoms with Crippen LogP contribution < -0.4 is 10.1 Å². The molecule has 1 amide bonds. The highest BCUT2D eigenvalue weighted by Crippen LogP contribution is 2.26. The molecule has 0 bridgehead atoms. The van der Waals surface area contributed by atoms with Crippen molar-refractivity contribution in [2.24, 2.45) is 5.41 Å². The van der Waals surface area contributed by atoms with E-state index in [1.54, 1.807) is 63.2 Å². The van der Waals surface area contributed by atoms with Crippen LogP contribution >= 0.6 is 23.2 Å². The third kappa shape index (κ3) is 4.73. The fraction of sp³-hybridized carbons (Fsp3) is 0.222. The molecule has 0 heterocycles. The molecule has 0 unspecified atom stereocenters. The van der Waals surface area contributed by atoms with Gasteiger partial charge in [0.25, 0.3) is 5.91 Å². The monoisotopic (exact) mass is 365 g/mol. The number of benzene rings is 2. The van der Waals surface area contributed by atoms with Crippen molar-refractivity contribution in [3.63, 3.8) is 0 Å². The van der Waals surface area contributed by atoms with Gasteiger partial charge in [-0.25, -0.2) is 0 Å². The van der Waals surface area contributed by atoms with E-state index in [0.717, 1.165) is 0 Å². The summed E-state index contributed by atoms with van der Waals surface area (Å²) in [6, 6.07) is 11.1. The van der Waals surface area contributed by atoms with Crippen LogP contribution in [0.2, 0.25) is 10.0 Å². The van der Waals surface area contributed by atoms with Crippen LogP contribution in [-0.4, -0.2) is 11.9 Å². The summed E-state index contributed by atoms with van der Waals surface area (Å²) in [6.07, 6.45) is 0. The lowest BCUT2D eigenvalue weighted by atomic mass is 9.97. The predicted molar refractivity (Wildman–Crippen MR) is 95.9 cm³/mol. The third-order valence-corrected chi connectivity index (χ3v) is 3.68. The summed E-state index contributed by atoms with van der Waals surface area (Å²) < 4.78 is 5.26. The lowest BCUT2D eigenvalue weighted by molar-refractivity contribution is -0.142. The molecular weight excluding hydrogens is 349 g/mol. The van der Waals surface area contributed by atoms with Gasteiger partial charge >= 0.3 is 5.97 Å². The first-order chi connectivity index (χ1) is 11.2. The zero-order valence-corrected chi connectivity index (χ0v) is 15.0. The van der Waals surface area contributed by atoms with E-state index in [0.29, 0.717) is 27.0 Å². The molecule has 0 saturated heterocycles. The number of hydrogen-bond acceptors (Lipinski definition) is 3. The molecule has 0 aromatic heterocycles. The van der Waals surface area contributed by atoms with Gasteiger partial charge in [0.15, 0.2) is 0 Å². The molecule has 6 heteroatoms. The Kier molecular flexibility index (Phi) is 5.52. The SMILES string of the molecule is CC(C)(C)C(=O)Oc1ccc(C(=O)Nc2cc(Cl)ccc2Cl)cc1. The van der Waals surface area contributed by atoms with E-state index < -0.39 is 5.41 Å². The summed E-state index contributed by atoms with van der Waals surface area (Å²) in [6.45, 7) is 5.31. The molecule has 2 rings (SSSR count). The summed E-state index contributed by atoms with van der Waals surface area (Å²) in [5, 5.41) is 3.55. The average Bonchev–Trinajstić information content (AvgIpc) is 2.50. The zero-order valence-electron chi connectivity index (χ0n) is 13.5. The van der Waals surface area contributed by atoms with Gasteiger partial charge in [-0.3, -0.25) is 9.59 Å². The lowest BCUT2D eigenvalue weighted by Gasteiger charge is -2.16. The average molecular weight is 366 g/mol. The molecule has 0 spiro atoms. The number of rotatable bonds is 3. The molecule has 0 fully saturated rings. The predicted octanol–water partition coefficient (Wildman–Crippen LogP) is 5.20. The number of carbonyl (C=O) groups is 2. The van der Waals surface area contributed by atoms with Gasteiger partial charge in [0.2, 0.25) is 0 Å². The van der Waals surface area contributed by atoms with Crippen LogP contribution in [0.5, 0.6) is 5.75 Å². The van der Waals surface area contributed by atoms with E-state index in [9.17, 15) is 9.59 Å². The second-order valence-electron chi connectivity index (χ2n) is 6.24. The third-order valence-electron chi connectivity index (χ3n) is 3.12. The largest absolute Gasteiger partial charge is 0.426 e. The van der Waals surface area contributed by atoms with Crippen molar-refractivity contribution in [1.29, 1.82) is 0 Å². The first-order valence-electron chi connectivity index (χ1n) is 7.25. The van der Waals surface area contributed by atoms with E-state index in [1.165, 1.54) is 0 Å². The second-order valence-corrected chi connectivity index (χ2v) is 7.09. The molecule has 0 aliphatic carbocycles. The van der Waals surface area contributed by atoms with Crippen molar-refractivity contribution in [3.05, 3.63) is 58.1 Å². The van der Waals surface area contributed by atoms with Gasteiger partial charge in [-0.05, 0) is 63.2 Å². The minimum Gasteiger partial charge on any atom is -0.426 e. The molecule has 1 N–H and O–H groups in total. The van der Waals surface area contributed by atoms with Crippen molar-refractivity contribution in [2.75, 3.05) is 5.32 Å². The van der Waals surface area contributed by atoms with Crippen molar-refractivity contribution >= 4 is 40.8 Å². The van der Waals surface area contributed by atoms with Gasteiger partial charge in [-0.2, -0.15) is 0 Å². The van der Waals surface area contributed by atoms with Gasteiger partial charge in [0.05, 0.1) is 16.1 Å². The number of carbonyl (C=O) groups excluding carboxylic acids is 2. The molecule has 2 aromatic rings. The first-order valence-corrected chi connectivity index (χ1v) is 8.01. The van der Waals surface area contributed by atoms with Crippen molar-refractivity contribution in [1.82, 2.24) is 0 Å². The summed E-state index contributed by atoms with van der Waals surface area (Å²) >= 11 is 11.9. The molecule has 0 saturated carbocycles. The quantitative estimate of drug-likeness (QED) is 0.600. The Balaban J connectivity index is 2.09. The second kappa shape index (κ2) is 7.24. The minimum absolute atomic E-state index is 0.340. The Labute approximate surface area is 150 Å². The number of nitrogens with one attached hydrogen (secondary N) is 1. The van der Waals surface area contributed by atoms with Crippen LogP contribution in [-0.2, 0) is 4.79 Å². The van der Waals surface area contributed by atoms with E-state index in [4.69, 9.17) is 27.9 Å². The summed E-state index contributed by atoms with van der Waals surface area (Å²) in [7, 11) is 0. The Hall–Kier alpha value is -2.04. The Bertz CT molecular complexity index is 765. The number of halogens is 2. The molecule has 0 aliphatic heterocycles. The van der Waals surface area contributed by atoms with Gasteiger partial charge in [0.1, 0.15) is 5.75 Å². The lowest BCUT2D eigenvalue weighted by Crippen LogP contribution is -2.25.